The second-order valence-electron chi connectivity index (χ2n) is 3.47. The summed E-state index contributed by atoms with van der Waals surface area (Å²) in [6.07, 6.45) is -4.69. The first-order chi connectivity index (χ1) is 8.84. The topological polar surface area (TPSA) is 76.7 Å². The Bertz CT molecular complexity index is 585. The van der Waals surface area contributed by atoms with E-state index in [9.17, 15) is 13.2 Å². The number of nitrogen functional groups attached to an aromatic ring is 1. The SMILES string of the molecule is Nc1nc(Nc2ccc(Cl)cc2)nc(C(F)(F)F)n1. The van der Waals surface area contributed by atoms with Gasteiger partial charge in [-0.25, -0.2) is 0 Å². The van der Waals surface area contributed by atoms with Gasteiger partial charge in [0.15, 0.2) is 0 Å². The van der Waals surface area contributed by atoms with E-state index in [1.165, 1.54) is 0 Å². The molecule has 0 amide bonds. The van der Waals surface area contributed by atoms with Gasteiger partial charge in [-0.2, -0.15) is 28.1 Å². The van der Waals surface area contributed by atoms with Crippen LogP contribution in [0.3, 0.4) is 0 Å². The van der Waals surface area contributed by atoms with Crippen LogP contribution in [0.4, 0.5) is 30.8 Å². The lowest BCUT2D eigenvalue weighted by atomic mass is 10.3. The summed E-state index contributed by atoms with van der Waals surface area (Å²) in [4.78, 5) is 9.86. The quantitative estimate of drug-likeness (QED) is 0.889. The Labute approximate surface area is 110 Å². The van der Waals surface area contributed by atoms with E-state index in [1.807, 2.05) is 0 Å². The summed E-state index contributed by atoms with van der Waals surface area (Å²) >= 11 is 5.69. The standard InChI is InChI=1S/C10H7ClF3N5/c11-5-1-3-6(4-2-5)16-9-18-7(10(12,13)14)17-8(15)19-9/h1-4H,(H3,15,16,17,18,19). The van der Waals surface area contributed by atoms with E-state index in [0.717, 1.165) is 0 Å². The minimum Gasteiger partial charge on any atom is -0.368 e. The average Bonchev–Trinajstić information content (AvgIpc) is 2.30. The Morgan fingerprint density at radius 2 is 1.68 bits per heavy atom. The number of halogens is 4. The molecular weight excluding hydrogens is 283 g/mol. The lowest BCUT2D eigenvalue weighted by Gasteiger charge is -2.09. The molecular formula is C10H7ClF3N5. The number of alkyl halides is 3. The van der Waals surface area contributed by atoms with Crippen molar-refractivity contribution >= 4 is 29.2 Å². The summed E-state index contributed by atoms with van der Waals surface area (Å²) in [6.45, 7) is 0. The number of nitrogens with one attached hydrogen (secondary N) is 1. The summed E-state index contributed by atoms with van der Waals surface area (Å²) in [6, 6.07) is 6.27. The molecule has 0 aliphatic heterocycles. The molecule has 0 unspecified atom stereocenters. The van der Waals surface area contributed by atoms with Gasteiger partial charge in [0.2, 0.25) is 17.7 Å². The molecule has 0 radical (unpaired) electrons. The summed E-state index contributed by atoms with van der Waals surface area (Å²) < 4.78 is 37.5. The van der Waals surface area contributed by atoms with Gasteiger partial charge in [-0.15, -0.1) is 0 Å². The van der Waals surface area contributed by atoms with Crippen molar-refractivity contribution in [2.24, 2.45) is 0 Å². The number of benzene rings is 1. The van der Waals surface area contributed by atoms with Crippen molar-refractivity contribution in [3.63, 3.8) is 0 Å². The first-order valence-electron chi connectivity index (χ1n) is 4.96. The van der Waals surface area contributed by atoms with Gasteiger partial charge >= 0.3 is 6.18 Å². The predicted molar refractivity (Wildman–Crippen MR) is 64.0 cm³/mol. The van der Waals surface area contributed by atoms with Crippen LogP contribution in [-0.2, 0) is 6.18 Å². The Morgan fingerprint density at radius 1 is 1.05 bits per heavy atom. The maximum absolute atomic E-state index is 12.5. The van der Waals surface area contributed by atoms with Gasteiger partial charge in [0.25, 0.3) is 0 Å². The number of hydrogen-bond donors (Lipinski definition) is 2. The van der Waals surface area contributed by atoms with Crippen molar-refractivity contribution in [1.29, 1.82) is 0 Å². The van der Waals surface area contributed by atoms with Crippen LogP contribution < -0.4 is 11.1 Å². The van der Waals surface area contributed by atoms with Gasteiger partial charge in [-0.1, -0.05) is 11.6 Å². The summed E-state index contributed by atoms with van der Waals surface area (Å²) in [5, 5.41) is 3.08. The summed E-state index contributed by atoms with van der Waals surface area (Å²) in [5.41, 5.74) is 5.69. The monoisotopic (exact) mass is 289 g/mol. The van der Waals surface area contributed by atoms with Crippen LogP contribution in [0.15, 0.2) is 24.3 Å². The van der Waals surface area contributed by atoms with Crippen LogP contribution >= 0.6 is 11.6 Å². The number of rotatable bonds is 2. The molecule has 0 saturated carbocycles. The second-order valence-corrected chi connectivity index (χ2v) is 3.91. The second kappa shape index (κ2) is 4.88. The van der Waals surface area contributed by atoms with Gasteiger partial charge in [0.1, 0.15) is 0 Å². The van der Waals surface area contributed by atoms with E-state index < -0.39 is 17.9 Å². The molecule has 1 aromatic carbocycles. The zero-order valence-corrected chi connectivity index (χ0v) is 10.00. The highest BCUT2D eigenvalue weighted by molar-refractivity contribution is 6.30. The fourth-order valence-corrected chi connectivity index (χ4v) is 1.36. The Kier molecular flexibility index (Phi) is 3.43. The molecule has 0 aliphatic carbocycles. The molecule has 19 heavy (non-hydrogen) atoms. The molecule has 0 bridgehead atoms. The third-order valence-corrected chi connectivity index (χ3v) is 2.26. The number of nitrogens with zero attached hydrogens (tertiary/aromatic N) is 3. The molecule has 2 rings (SSSR count). The minimum atomic E-state index is -4.69. The Hall–Kier alpha value is -2.09. The van der Waals surface area contributed by atoms with E-state index >= 15 is 0 Å². The van der Waals surface area contributed by atoms with E-state index in [0.29, 0.717) is 10.7 Å². The summed E-state index contributed by atoms with van der Waals surface area (Å²) in [5.74, 6) is -2.16. The van der Waals surface area contributed by atoms with Crippen molar-refractivity contribution in [3.05, 3.63) is 35.1 Å². The maximum atomic E-state index is 12.5. The zero-order valence-electron chi connectivity index (χ0n) is 9.24. The molecule has 1 heterocycles. The van der Waals surface area contributed by atoms with Crippen LogP contribution in [0.25, 0.3) is 0 Å². The van der Waals surface area contributed by atoms with Crippen molar-refractivity contribution in [1.82, 2.24) is 15.0 Å². The molecule has 9 heteroatoms. The van der Waals surface area contributed by atoms with Crippen molar-refractivity contribution in [3.8, 4) is 0 Å². The molecule has 0 spiro atoms. The normalized spacial score (nSPS) is 11.4. The van der Waals surface area contributed by atoms with Crippen LogP contribution in [0.2, 0.25) is 5.02 Å². The molecule has 0 fully saturated rings. The Balaban J connectivity index is 2.30. The third kappa shape index (κ3) is 3.44. The lowest BCUT2D eigenvalue weighted by Crippen LogP contribution is -2.15. The van der Waals surface area contributed by atoms with E-state index in [4.69, 9.17) is 17.3 Å². The number of nitrogens with two attached hydrogens (primary N) is 1. The molecule has 2 aromatic rings. The van der Waals surface area contributed by atoms with Crippen molar-refractivity contribution in [2.75, 3.05) is 11.1 Å². The van der Waals surface area contributed by atoms with E-state index in [-0.39, 0.29) is 5.95 Å². The van der Waals surface area contributed by atoms with Gasteiger partial charge in [-0.3, -0.25) is 0 Å². The fourth-order valence-electron chi connectivity index (χ4n) is 1.24. The highest BCUT2D eigenvalue weighted by Crippen LogP contribution is 2.27. The predicted octanol–water partition coefficient (Wildman–Crippen LogP) is 2.87. The minimum absolute atomic E-state index is 0.290. The number of aromatic nitrogens is 3. The van der Waals surface area contributed by atoms with Crippen LogP contribution in [-0.4, -0.2) is 15.0 Å². The third-order valence-electron chi connectivity index (χ3n) is 2.01. The van der Waals surface area contributed by atoms with Crippen molar-refractivity contribution < 1.29 is 13.2 Å². The van der Waals surface area contributed by atoms with Crippen LogP contribution in [0.1, 0.15) is 5.82 Å². The molecule has 0 aliphatic rings. The smallest absolute Gasteiger partial charge is 0.368 e. The van der Waals surface area contributed by atoms with Gasteiger partial charge in [0, 0.05) is 10.7 Å². The maximum Gasteiger partial charge on any atom is 0.451 e. The molecule has 1 aromatic heterocycles. The highest BCUT2D eigenvalue weighted by Gasteiger charge is 2.35. The lowest BCUT2D eigenvalue weighted by molar-refractivity contribution is -0.144. The van der Waals surface area contributed by atoms with Gasteiger partial charge in [0.05, 0.1) is 0 Å². The van der Waals surface area contributed by atoms with E-state index in [1.54, 1.807) is 24.3 Å². The number of hydrogen-bond acceptors (Lipinski definition) is 5. The molecule has 0 atom stereocenters. The highest BCUT2D eigenvalue weighted by atomic mass is 35.5. The fraction of sp³-hybridized carbons (Fsp3) is 0.100. The van der Waals surface area contributed by atoms with Crippen LogP contribution in [0.5, 0.6) is 0 Å². The van der Waals surface area contributed by atoms with Crippen LogP contribution in [0, 0.1) is 0 Å². The van der Waals surface area contributed by atoms with Gasteiger partial charge in [-0.05, 0) is 24.3 Å². The molecule has 0 saturated heterocycles. The molecule has 5 nitrogen and oxygen atoms in total. The Morgan fingerprint density at radius 3 is 2.26 bits per heavy atom. The molecule has 3 N–H and O–H groups in total. The molecule has 100 valence electrons. The first-order valence-corrected chi connectivity index (χ1v) is 5.34. The van der Waals surface area contributed by atoms with E-state index in [2.05, 4.69) is 20.3 Å². The largest absolute Gasteiger partial charge is 0.451 e. The summed E-state index contributed by atoms with van der Waals surface area (Å²) in [7, 11) is 0. The zero-order chi connectivity index (χ0) is 14.0. The van der Waals surface area contributed by atoms with Gasteiger partial charge < -0.3 is 11.1 Å². The number of anilines is 3. The average molecular weight is 290 g/mol. The first kappa shape index (κ1) is 13.3. The van der Waals surface area contributed by atoms with Crippen molar-refractivity contribution in [2.45, 2.75) is 6.18 Å².